The van der Waals surface area contributed by atoms with Gasteiger partial charge in [0.15, 0.2) is 5.17 Å². The zero-order valence-corrected chi connectivity index (χ0v) is 20.8. The highest BCUT2D eigenvalue weighted by Gasteiger charge is 2.36. The lowest BCUT2D eigenvalue weighted by Gasteiger charge is -2.22. The fraction of sp³-hybridized carbons (Fsp3) is 0.333. The standard InChI is InChI=1S/C21H22ClF3N4O2S2/c1-12-6-7-13(8-17(12)33(30,31)29-20(2,3)4)18-15(21(23,24)25)9-14(10-16(18)22)28-19(32-5)27-11-26/h6-10,29H,1-5H3,(H,27,28). The molecule has 0 bridgehead atoms. The second-order valence-electron chi connectivity index (χ2n) is 8.06. The van der Waals surface area contributed by atoms with E-state index in [-0.39, 0.29) is 31.9 Å². The maximum Gasteiger partial charge on any atom is 0.417 e. The highest BCUT2D eigenvalue weighted by atomic mass is 35.5. The molecule has 33 heavy (non-hydrogen) atoms. The molecular formula is C21H22ClF3N4O2S2. The molecule has 0 aliphatic heterocycles. The van der Waals surface area contributed by atoms with Crippen LogP contribution in [0.2, 0.25) is 5.02 Å². The molecule has 12 heteroatoms. The van der Waals surface area contributed by atoms with Gasteiger partial charge in [-0.05, 0) is 63.3 Å². The van der Waals surface area contributed by atoms with Gasteiger partial charge in [-0.25, -0.2) is 13.1 Å². The maximum atomic E-state index is 14.0. The molecule has 0 aromatic heterocycles. The topological polar surface area (TPSA) is 94.3 Å². The summed E-state index contributed by atoms with van der Waals surface area (Å²) in [7, 11) is -4.01. The number of halogens is 4. The molecule has 0 spiro atoms. The van der Waals surface area contributed by atoms with Gasteiger partial charge in [0.25, 0.3) is 0 Å². The Morgan fingerprint density at radius 3 is 2.33 bits per heavy atom. The van der Waals surface area contributed by atoms with Gasteiger partial charge >= 0.3 is 6.18 Å². The second-order valence-corrected chi connectivity index (χ2v) is 10.9. The van der Waals surface area contributed by atoms with Gasteiger partial charge in [0.05, 0.1) is 15.5 Å². The summed E-state index contributed by atoms with van der Waals surface area (Å²) in [5.41, 5.74) is -1.86. The van der Waals surface area contributed by atoms with Crippen molar-refractivity contribution in [3.63, 3.8) is 0 Å². The Labute approximate surface area is 200 Å². The van der Waals surface area contributed by atoms with Crippen LogP contribution in [0.25, 0.3) is 11.1 Å². The number of aliphatic imine (C=N–C) groups is 1. The van der Waals surface area contributed by atoms with Gasteiger partial charge in [-0.3, -0.25) is 0 Å². The average Bonchev–Trinajstić information content (AvgIpc) is 2.65. The van der Waals surface area contributed by atoms with Crippen molar-refractivity contribution in [2.75, 3.05) is 11.6 Å². The Hall–Kier alpha value is -2.26. The predicted octanol–water partition coefficient (Wildman–Crippen LogP) is 6.02. The minimum Gasteiger partial charge on any atom is -0.334 e. The number of aryl methyl sites for hydroxylation is 1. The van der Waals surface area contributed by atoms with Crippen molar-refractivity contribution in [1.82, 2.24) is 4.72 Å². The maximum absolute atomic E-state index is 14.0. The van der Waals surface area contributed by atoms with E-state index in [1.807, 2.05) is 0 Å². The van der Waals surface area contributed by atoms with Crippen molar-refractivity contribution in [3.05, 3.63) is 46.5 Å². The Kier molecular flexibility index (Phi) is 8.12. The van der Waals surface area contributed by atoms with Crippen LogP contribution >= 0.6 is 23.4 Å². The van der Waals surface area contributed by atoms with Gasteiger partial charge in [0.1, 0.15) is 0 Å². The van der Waals surface area contributed by atoms with Crippen LogP contribution in [0.1, 0.15) is 31.9 Å². The van der Waals surface area contributed by atoms with Crippen LogP contribution < -0.4 is 10.0 Å². The lowest BCUT2D eigenvalue weighted by molar-refractivity contribution is -0.137. The number of nitriles is 1. The molecule has 178 valence electrons. The number of amidine groups is 1. The molecule has 2 aromatic carbocycles. The number of hydrogen-bond donors (Lipinski definition) is 2. The lowest BCUT2D eigenvalue weighted by atomic mass is 9.97. The first-order chi connectivity index (χ1) is 15.1. The molecular weight excluding hydrogens is 497 g/mol. The fourth-order valence-electron chi connectivity index (χ4n) is 2.99. The monoisotopic (exact) mass is 518 g/mol. The largest absolute Gasteiger partial charge is 0.417 e. The van der Waals surface area contributed by atoms with E-state index in [0.717, 1.165) is 17.8 Å². The van der Waals surface area contributed by atoms with E-state index in [9.17, 15) is 21.6 Å². The number of alkyl halides is 3. The first-order valence-corrected chi connectivity index (χ1v) is 12.5. The summed E-state index contributed by atoms with van der Waals surface area (Å²) >= 11 is 7.31. The second kappa shape index (κ2) is 9.93. The van der Waals surface area contributed by atoms with Gasteiger partial charge in [-0.1, -0.05) is 35.5 Å². The van der Waals surface area contributed by atoms with E-state index in [1.54, 1.807) is 40.1 Å². The SMILES string of the molecule is CS/C(=N\C#N)Nc1cc(Cl)c(-c2ccc(C)c(S(=O)(=O)NC(C)(C)C)c2)c(C(F)(F)F)c1. The van der Waals surface area contributed by atoms with Crippen molar-refractivity contribution in [3.8, 4) is 17.3 Å². The first kappa shape index (κ1) is 27.0. The number of thioether (sulfide) groups is 1. The molecule has 0 saturated carbocycles. The lowest BCUT2D eigenvalue weighted by Crippen LogP contribution is -2.40. The molecule has 0 amide bonds. The highest BCUT2D eigenvalue weighted by molar-refractivity contribution is 8.13. The van der Waals surface area contributed by atoms with Gasteiger partial charge in [-0.15, -0.1) is 4.99 Å². The molecule has 0 aliphatic carbocycles. The molecule has 0 heterocycles. The summed E-state index contributed by atoms with van der Waals surface area (Å²) in [6.45, 7) is 6.53. The van der Waals surface area contributed by atoms with Gasteiger partial charge < -0.3 is 5.32 Å². The van der Waals surface area contributed by atoms with Gasteiger partial charge in [0.2, 0.25) is 16.2 Å². The number of nitrogens with zero attached hydrogens (tertiary/aromatic N) is 2. The summed E-state index contributed by atoms with van der Waals surface area (Å²) in [6, 6.07) is 6.10. The first-order valence-electron chi connectivity index (χ1n) is 9.42. The predicted molar refractivity (Wildman–Crippen MR) is 127 cm³/mol. The molecule has 0 atom stereocenters. The summed E-state index contributed by atoms with van der Waals surface area (Å²) in [4.78, 5) is 3.35. The van der Waals surface area contributed by atoms with Crippen LogP contribution in [0.15, 0.2) is 40.2 Å². The van der Waals surface area contributed by atoms with E-state index in [4.69, 9.17) is 16.9 Å². The van der Waals surface area contributed by atoms with Crippen LogP contribution in [0, 0.1) is 18.4 Å². The molecule has 6 nitrogen and oxygen atoms in total. The Balaban J connectivity index is 2.72. The molecule has 0 unspecified atom stereocenters. The van der Waals surface area contributed by atoms with Crippen molar-refractivity contribution >= 4 is 44.2 Å². The van der Waals surface area contributed by atoms with E-state index < -0.39 is 27.3 Å². The zero-order valence-electron chi connectivity index (χ0n) is 18.4. The Morgan fingerprint density at radius 2 is 1.82 bits per heavy atom. The van der Waals surface area contributed by atoms with E-state index in [2.05, 4.69) is 15.0 Å². The van der Waals surface area contributed by atoms with E-state index >= 15 is 0 Å². The summed E-state index contributed by atoms with van der Waals surface area (Å²) < 4.78 is 70.2. The number of benzene rings is 2. The van der Waals surface area contributed by atoms with E-state index in [0.29, 0.717) is 5.56 Å². The van der Waals surface area contributed by atoms with Crippen molar-refractivity contribution in [1.29, 1.82) is 5.26 Å². The highest BCUT2D eigenvalue weighted by Crippen LogP contribution is 2.43. The molecule has 2 aromatic rings. The smallest absolute Gasteiger partial charge is 0.334 e. The number of hydrogen-bond acceptors (Lipinski definition) is 5. The average molecular weight is 519 g/mol. The van der Waals surface area contributed by atoms with Crippen molar-refractivity contribution in [2.24, 2.45) is 4.99 Å². The Morgan fingerprint density at radius 1 is 1.18 bits per heavy atom. The third-order valence-corrected chi connectivity index (χ3v) is 6.98. The summed E-state index contributed by atoms with van der Waals surface area (Å²) in [5, 5.41) is 11.2. The van der Waals surface area contributed by atoms with Crippen LogP contribution in [0.4, 0.5) is 18.9 Å². The molecule has 0 saturated heterocycles. The van der Waals surface area contributed by atoms with Crippen molar-refractivity contribution < 1.29 is 21.6 Å². The van der Waals surface area contributed by atoms with Crippen LogP contribution in [-0.4, -0.2) is 25.4 Å². The number of nitrogens with one attached hydrogen (secondary N) is 2. The third-order valence-electron chi connectivity index (χ3n) is 4.20. The van der Waals surface area contributed by atoms with Crippen LogP contribution in [0.5, 0.6) is 0 Å². The minimum atomic E-state index is -4.80. The van der Waals surface area contributed by atoms with E-state index in [1.165, 1.54) is 24.3 Å². The number of sulfonamides is 1. The fourth-order valence-corrected chi connectivity index (χ4v) is 5.36. The Bertz CT molecular complexity index is 1230. The minimum absolute atomic E-state index is 0.00505. The van der Waals surface area contributed by atoms with Crippen LogP contribution in [-0.2, 0) is 16.2 Å². The molecule has 2 N–H and O–H groups in total. The number of rotatable bonds is 4. The number of anilines is 1. The van der Waals surface area contributed by atoms with Crippen molar-refractivity contribution in [2.45, 2.75) is 44.3 Å². The normalized spacial score (nSPS) is 13.0. The molecule has 0 radical (unpaired) electrons. The van der Waals surface area contributed by atoms with Crippen LogP contribution in [0.3, 0.4) is 0 Å². The summed E-state index contributed by atoms with van der Waals surface area (Å²) in [6.07, 6.45) is -1.63. The zero-order chi connectivity index (χ0) is 25.2. The van der Waals surface area contributed by atoms with Gasteiger partial charge in [0, 0.05) is 16.8 Å². The molecule has 0 aliphatic rings. The quantitative estimate of drug-likeness (QED) is 0.293. The third kappa shape index (κ3) is 6.86. The molecule has 2 rings (SSSR count). The summed E-state index contributed by atoms with van der Waals surface area (Å²) in [5.74, 6) is 0. The van der Waals surface area contributed by atoms with Gasteiger partial charge in [-0.2, -0.15) is 18.4 Å². The molecule has 0 fully saturated rings.